The van der Waals surface area contributed by atoms with Gasteiger partial charge in [-0.3, -0.25) is 0 Å². The van der Waals surface area contributed by atoms with Crippen molar-refractivity contribution in [1.82, 2.24) is 0 Å². The standard InChI is InChI=1S/C10H19/c1-4-8(2)9(3)10-6-5-7-10/h8-9H,4-7H2,1-3H3. The molecule has 0 aliphatic heterocycles. The van der Waals surface area contributed by atoms with Crippen LogP contribution in [0, 0.1) is 17.8 Å². The molecule has 0 spiro atoms. The van der Waals surface area contributed by atoms with Gasteiger partial charge >= 0.3 is 0 Å². The van der Waals surface area contributed by atoms with E-state index < -0.39 is 0 Å². The molecule has 0 aromatic carbocycles. The molecule has 0 heterocycles. The monoisotopic (exact) mass is 139 g/mol. The zero-order valence-corrected chi connectivity index (χ0v) is 7.48. The molecule has 59 valence electrons. The van der Waals surface area contributed by atoms with Crippen LogP contribution in [0.2, 0.25) is 0 Å². The molecular weight excluding hydrogens is 120 g/mol. The van der Waals surface area contributed by atoms with Crippen LogP contribution in [0.4, 0.5) is 0 Å². The highest BCUT2D eigenvalue weighted by atomic mass is 14.3. The molecule has 1 saturated carbocycles. The summed E-state index contributed by atoms with van der Waals surface area (Å²) >= 11 is 0. The Bertz CT molecular complexity index is 87.5. The van der Waals surface area contributed by atoms with Gasteiger partial charge in [-0.2, -0.15) is 0 Å². The lowest BCUT2D eigenvalue weighted by atomic mass is 9.71. The SMILES string of the molecule is CCC(C)C(C)[C]1CCC1. The minimum atomic E-state index is 0.902. The molecule has 1 radical (unpaired) electrons. The third-order valence-corrected chi connectivity index (χ3v) is 3.14. The van der Waals surface area contributed by atoms with Crippen LogP contribution in [-0.2, 0) is 0 Å². The third-order valence-electron chi connectivity index (χ3n) is 3.14. The van der Waals surface area contributed by atoms with Crippen LogP contribution in [0.15, 0.2) is 0 Å². The van der Waals surface area contributed by atoms with Crippen LogP contribution < -0.4 is 0 Å². The van der Waals surface area contributed by atoms with Gasteiger partial charge in [0.15, 0.2) is 0 Å². The predicted octanol–water partition coefficient (Wildman–Crippen LogP) is 3.43. The van der Waals surface area contributed by atoms with E-state index in [-0.39, 0.29) is 0 Å². The summed E-state index contributed by atoms with van der Waals surface area (Å²) in [6, 6.07) is 0. The Balaban J connectivity index is 2.24. The normalized spacial score (nSPS) is 25.5. The Morgan fingerprint density at radius 1 is 1.30 bits per heavy atom. The first-order chi connectivity index (χ1) is 4.75. The first-order valence-electron chi connectivity index (χ1n) is 4.60. The average Bonchev–Trinajstić information content (AvgIpc) is 1.82. The Hall–Kier alpha value is 0. The first-order valence-corrected chi connectivity index (χ1v) is 4.60. The van der Waals surface area contributed by atoms with Crippen molar-refractivity contribution >= 4 is 0 Å². The minimum absolute atomic E-state index is 0.902. The van der Waals surface area contributed by atoms with Crippen LogP contribution in [0.3, 0.4) is 0 Å². The summed E-state index contributed by atoms with van der Waals surface area (Å²) in [6.07, 6.45) is 5.64. The molecule has 0 aromatic rings. The largest absolute Gasteiger partial charge is 0.0651 e. The van der Waals surface area contributed by atoms with E-state index in [2.05, 4.69) is 20.8 Å². The van der Waals surface area contributed by atoms with Crippen LogP contribution >= 0.6 is 0 Å². The zero-order chi connectivity index (χ0) is 7.56. The van der Waals surface area contributed by atoms with Crippen molar-refractivity contribution in [1.29, 1.82) is 0 Å². The molecule has 0 aromatic heterocycles. The molecule has 0 N–H and O–H groups in total. The van der Waals surface area contributed by atoms with E-state index in [9.17, 15) is 0 Å². The van der Waals surface area contributed by atoms with E-state index in [1.54, 1.807) is 0 Å². The van der Waals surface area contributed by atoms with Gasteiger partial charge < -0.3 is 0 Å². The van der Waals surface area contributed by atoms with Crippen LogP contribution in [-0.4, -0.2) is 0 Å². The second-order valence-electron chi connectivity index (χ2n) is 3.69. The smallest absolute Gasteiger partial charge is 0.0210 e. The predicted molar refractivity (Wildman–Crippen MR) is 45.7 cm³/mol. The highest BCUT2D eigenvalue weighted by molar-refractivity contribution is 5.03. The summed E-state index contributed by atoms with van der Waals surface area (Å²) < 4.78 is 0. The van der Waals surface area contributed by atoms with Gasteiger partial charge in [-0.15, -0.1) is 0 Å². The number of hydrogen-bond acceptors (Lipinski definition) is 0. The molecule has 10 heavy (non-hydrogen) atoms. The maximum Gasteiger partial charge on any atom is -0.0210 e. The third kappa shape index (κ3) is 1.53. The van der Waals surface area contributed by atoms with Gasteiger partial charge in [-0.1, -0.05) is 33.6 Å². The van der Waals surface area contributed by atoms with E-state index in [1.807, 2.05) is 5.92 Å². The lowest BCUT2D eigenvalue weighted by Crippen LogP contribution is -2.22. The van der Waals surface area contributed by atoms with Crippen LogP contribution in [0.5, 0.6) is 0 Å². The molecule has 0 nitrogen and oxygen atoms in total. The van der Waals surface area contributed by atoms with Crippen molar-refractivity contribution in [3.8, 4) is 0 Å². The van der Waals surface area contributed by atoms with Crippen molar-refractivity contribution in [2.75, 3.05) is 0 Å². The molecule has 2 unspecified atom stereocenters. The van der Waals surface area contributed by atoms with Crippen LogP contribution in [0.1, 0.15) is 46.5 Å². The van der Waals surface area contributed by atoms with Gasteiger partial charge in [0.25, 0.3) is 0 Å². The second kappa shape index (κ2) is 3.41. The molecule has 0 heteroatoms. The first kappa shape index (κ1) is 8.10. The van der Waals surface area contributed by atoms with Crippen molar-refractivity contribution in [2.45, 2.75) is 46.5 Å². The molecule has 1 aliphatic rings. The summed E-state index contributed by atoms with van der Waals surface area (Å²) in [5.41, 5.74) is 0. The van der Waals surface area contributed by atoms with Crippen molar-refractivity contribution in [3.05, 3.63) is 5.92 Å². The fraction of sp³-hybridized carbons (Fsp3) is 0.900. The molecule has 1 fully saturated rings. The lowest BCUT2D eigenvalue weighted by Gasteiger charge is -2.34. The van der Waals surface area contributed by atoms with Gasteiger partial charge in [0.2, 0.25) is 0 Å². The topological polar surface area (TPSA) is 0 Å². The van der Waals surface area contributed by atoms with Crippen LogP contribution in [0.25, 0.3) is 0 Å². The molecule has 1 aliphatic carbocycles. The molecule has 0 amide bonds. The van der Waals surface area contributed by atoms with E-state index in [0.29, 0.717) is 0 Å². The Labute approximate surface area is 65.0 Å². The molecular formula is C10H19. The Morgan fingerprint density at radius 3 is 2.20 bits per heavy atom. The van der Waals surface area contributed by atoms with Crippen molar-refractivity contribution < 1.29 is 0 Å². The van der Waals surface area contributed by atoms with Gasteiger partial charge in [-0.05, 0) is 30.6 Å². The van der Waals surface area contributed by atoms with E-state index in [4.69, 9.17) is 0 Å². The molecule has 0 saturated heterocycles. The van der Waals surface area contributed by atoms with Gasteiger partial charge in [0, 0.05) is 0 Å². The van der Waals surface area contributed by atoms with Gasteiger partial charge in [0.05, 0.1) is 0 Å². The summed E-state index contributed by atoms with van der Waals surface area (Å²) in [6.45, 7) is 7.05. The molecule has 1 rings (SSSR count). The summed E-state index contributed by atoms with van der Waals surface area (Å²) in [5.74, 6) is 3.64. The average molecular weight is 139 g/mol. The maximum absolute atomic E-state index is 2.39. The maximum atomic E-state index is 2.39. The second-order valence-corrected chi connectivity index (χ2v) is 3.69. The minimum Gasteiger partial charge on any atom is -0.0651 e. The molecule has 2 atom stereocenters. The highest BCUT2D eigenvalue weighted by Crippen LogP contribution is 2.39. The van der Waals surface area contributed by atoms with E-state index in [0.717, 1.165) is 11.8 Å². The van der Waals surface area contributed by atoms with Gasteiger partial charge in [0.1, 0.15) is 0 Å². The Kier molecular flexibility index (Phi) is 2.76. The quantitative estimate of drug-likeness (QED) is 0.562. The zero-order valence-electron chi connectivity index (χ0n) is 7.48. The lowest BCUT2D eigenvalue weighted by molar-refractivity contribution is 0.317. The summed E-state index contributed by atoms with van der Waals surface area (Å²) in [7, 11) is 0. The highest BCUT2D eigenvalue weighted by Gasteiger charge is 2.27. The van der Waals surface area contributed by atoms with Crippen molar-refractivity contribution in [2.24, 2.45) is 11.8 Å². The Morgan fingerprint density at radius 2 is 1.90 bits per heavy atom. The fourth-order valence-electron chi connectivity index (χ4n) is 1.59. The number of rotatable bonds is 3. The number of hydrogen-bond donors (Lipinski definition) is 0. The summed E-state index contributed by atoms with van der Waals surface area (Å²) in [4.78, 5) is 0. The van der Waals surface area contributed by atoms with E-state index in [1.165, 1.54) is 25.7 Å². The molecule has 0 bridgehead atoms. The fourth-order valence-corrected chi connectivity index (χ4v) is 1.59. The van der Waals surface area contributed by atoms with E-state index >= 15 is 0 Å². The van der Waals surface area contributed by atoms with Crippen molar-refractivity contribution in [3.63, 3.8) is 0 Å². The summed E-state index contributed by atoms with van der Waals surface area (Å²) in [5, 5.41) is 0. The van der Waals surface area contributed by atoms with Gasteiger partial charge in [-0.25, -0.2) is 0 Å².